The number of pyridine rings is 1. The highest BCUT2D eigenvalue weighted by Gasteiger charge is 2.27. The zero-order valence-corrected chi connectivity index (χ0v) is 17.6. The van der Waals surface area contributed by atoms with E-state index in [0.717, 1.165) is 51.8 Å². The van der Waals surface area contributed by atoms with E-state index in [1.807, 2.05) is 48.9 Å². The number of nitrogens with zero attached hydrogens (tertiary/aromatic N) is 2. The molecule has 0 spiro atoms. The summed E-state index contributed by atoms with van der Waals surface area (Å²) in [5.41, 5.74) is 3.08. The second-order valence-corrected chi connectivity index (χ2v) is 8.58. The number of halogens is 1. The van der Waals surface area contributed by atoms with Crippen molar-refractivity contribution in [1.82, 2.24) is 4.98 Å². The van der Waals surface area contributed by atoms with Gasteiger partial charge in [0.25, 0.3) is 0 Å². The van der Waals surface area contributed by atoms with Gasteiger partial charge in [-0.25, -0.2) is 0 Å². The van der Waals surface area contributed by atoms with Crippen LogP contribution in [0.2, 0.25) is 0 Å². The van der Waals surface area contributed by atoms with Gasteiger partial charge in [0, 0.05) is 51.2 Å². The van der Waals surface area contributed by atoms with Gasteiger partial charge in [0.2, 0.25) is 0 Å². The van der Waals surface area contributed by atoms with Gasteiger partial charge >= 0.3 is 0 Å². The first kappa shape index (κ1) is 18.5. The van der Waals surface area contributed by atoms with Crippen LogP contribution in [0, 0.1) is 5.92 Å². The highest BCUT2D eigenvalue weighted by Crippen LogP contribution is 2.33. The van der Waals surface area contributed by atoms with E-state index in [9.17, 15) is 4.79 Å². The average molecular weight is 441 g/mol. The van der Waals surface area contributed by atoms with E-state index in [1.54, 1.807) is 11.8 Å². The third kappa shape index (κ3) is 3.76. The minimum absolute atomic E-state index is 0.106. The third-order valence-electron chi connectivity index (χ3n) is 5.26. The van der Waals surface area contributed by atoms with Gasteiger partial charge in [-0.3, -0.25) is 9.78 Å². The molecule has 3 aromatic rings. The Balaban J connectivity index is 1.53. The summed E-state index contributed by atoms with van der Waals surface area (Å²) in [5.74, 6) is 0.399. The van der Waals surface area contributed by atoms with E-state index in [2.05, 4.69) is 37.9 Å². The molecule has 1 aliphatic heterocycles. The fraction of sp³-hybridized carbons (Fsp3) is 0.273. The number of fused-ring (bicyclic) bond motifs is 1. The summed E-state index contributed by atoms with van der Waals surface area (Å²) in [6.45, 7) is 1.78. The molecule has 0 atom stereocenters. The number of Topliss-reactive ketones (excluding diaryl/α,β-unsaturated/α-hetero) is 1. The summed E-state index contributed by atoms with van der Waals surface area (Å²) in [5, 5.41) is 1.16. The number of ketones is 1. The van der Waals surface area contributed by atoms with Crippen molar-refractivity contribution in [2.24, 2.45) is 5.92 Å². The Morgan fingerprint density at radius 1 is 1.15 bits per heavy atom. The van der Waals surface area contributed by atoms with Gasteiger partial charge in [0.05, 0.1) is 5.52 Å². The molecule has 0 bridgehead atoms. The second kappa shape index (κ2) is 8.03. The third-order valence-corrected chi connectivity index (χ3v) is 6.55. The molecular weight excluding hydrogens is 420 g/mol. The van der Waals surface area contributed by atoms with Gasteiger partial charge in [-0.2, -0.15) is 0 Å². The molecule has 0 saturated carbocycles. The molecule has 2 aromatic carbocycles. The van der Waals surface area contributed by atoms with Crippen molar-refractivity contribution in [3.63, 3.8) is 0 Å². The fourth-order valence-corrected chi connectivity index (χ4v) is 4.79. The lowest BCUT2D eigenvalue weighted by molar-refractivity contribution is 0.0897. The van der Waals surface area contributed by atoms with Crippen molar-refractivity contribution in [1.29, 1.82) is 0 Å². The van der Waals surface area contributed by atoms with E-state index in [-0.39, 0.29) is 5.92 Å². The molecule has 1 aliphatic rings. The van der Waals surface area contributed by atoms with Crippen molar-refractivity contribution >= 4 is 50.1 Å². The molecule has 1 aromatic heterocycles. The summed E-state index contributed by atoms with van der Waals surface area (Å²) in [6, 6.07) is 16.2. The summed E-state index contributed by atoms with van der Waals surface area (Å²) in [4.78, 5) is 21.0. The normalized spacial score (nSPS) is 15.3. The first-order chi connectivity index (χ1) is 13.2. The molecule has 27 heavy (non-hydrogen) atoms. The van der Waals surface area contributed by atoms with Gasteiger partial charge in [-0.05, 0) is 49.4 Å². The van der Waals surface area contributed by atoms with E-state index < -0.39 is 0 Å². The number of hydrogen-bond acceptors (Lipinski definition) is 4. The second-order valence-electron chi connectivity index (χ2n) is 6.82. The maximum absolute atomic E-state index is 13.0. The lowest BCUT2D eigenvalue weighted by Crippen LogP contribution is -2.36. The lowest BCUT2D eigenvalue weighted by Gasteiger charge is -2.33. The molecule has 138 valence electrons. The van der Waals surface area contributed by atoms with Gasteiger partial charge in [0.15, 0.2) is 5.78 Å². The Morgan fingerprint density at radius 3 is 2.70 bits per heavy atom. The molecule has 0 amide bonds. The van der Waals surface area contributed by atoms with Crippen LogP contribution in [-0.4, -0.2) is 30.1 Å². The zero-order chi connectivity index (χ0) is 18.8. The molecule has 0 unspecified atom stereocenters. The SMILES string of the molecule is CSc1ccccc1C(=O)C1CCN(c2ccnc3ccc(Br)cc23)CC1. The van der Waals surface area contributed by atoms with Gasteiger partial charge < -0.3 is 4.90 Å². The van der Waals surface area contributed by atoms with E-state index in [0.29, 0.717) is 5.78 Å². The summed E-state index contributed by atoms with van der Waals surface area (Å²) >= 11 is 5.21. The Kier molecular flexibility index (Phi) is 5.50. The first-order valence-corrected chi connectivity index (χ1v) is 11.2. The van der Waals surface area contributed by atoms with Crippen LogP contribution in [-0.2, 0) is 0 Å². The molecular formula is C22H21BrN2OS. The van der Waals surface area contributed by atoms with Gasteiger partial charge in [-0.1, -0.05) is 34.1 Å². The van der Waals surface area contributed by atoms with Crippen LogP contribution in [0.25, 0.3) is 10.9 Å². The van der Waals surface area contributed by atoms with E-state index in [1.165, 1.54) is 5.69 Å². The predicted molar refractivity (Wildman–Crippen MR) is 117 cm³/mol. The van der Waals surface area contributed by atoms with Crippen LogP contribution >= 0.6 is 27.7 Å². The fourth-order valence-electron chi connectivity index (χ4n) is 3.83. The Labute approximate surface area is 172 Å². The van der Waals surface area contributed by atoms with Crippen LogP contribution in [0.5, 0.6) is 0 Å². The number of rotatable bonds is 4. The quantitative estimate of drug-likeness (QED) is 0.378. The molecule has 2 heterocycles. The van der Waals surface area contributed by atoms with Crippen LogP contribution in [0.1, 0.15) is 23.2 Å². The van der Waals surface area contributed by atoms with Crippen molar-refractivity contribution in [3.05, 3.63) is 64.8 Å². The monoisotopic (exact) mass is 440 g/mol. The lowest BCUT2D eigenvalue weighted by atomic mass is 9.88. The molecule has 0 radical (unpaired) electrons. The zero-order valence-electron chi connectivity index (χ0n) is 15.2. The molecule has 1 fully saturated rings. The standard InChI is InChI=1S/C22H21BrN2OS/c1-27-21-5-3-2-4-17(21)22(26)15-9-12-25(13-10-15)20-8-11-24-19-7-6-16(23)14-18(19)20/h2-8,11,14-15H,9-10,12-13H2,1H3. The maximum atomic E-state index is 13.0. The summed E-state index contributed by atoms with van der Waals surface area (Å²) < 4.78 is 1.06. The number of thioether (sulfide) groups is 1. The molecule has 5 heteroatoms. The smallest absolute Gasteiger partial charge is 0.167 e. The molecule has 4 rings (SSSR count). The minimum Gasteiger partial charge on any atom is -0.371 e. The number of aromatic nitrogens is 1. The number of carbonyl (C=O) groups excluding carboxylic acids is 1. The molecule has 0 N–H and O–H groups in total. The van der Waals surface area contributed by atoms with Crippen LogP contribution in [0.3, 0.4) is 0 Å². The predicted octanol–water partition coefficient (Wildman–Crippen LogP) is 5.82. The van der Waals surface area contributed by atoms with Crippen molar-refractivity contribution in [2.45, 2.75) is 17.7 Å². The number of benzene rings is 2. The Hall–Kier alpha value is -1.85. The van der Waals surface area contributed by atoms with Crippen molar-refractivity contribution in [2.75, 3.05) is 24.2 Å². The number of anilines is 1. The van der Waals surface area contributed by atoms with Crippen molar-refractivity contribution in [3.8, 4) is 0 Å². The minimum atomic E-state index is 0.106. The highest BCUT2D eigenvalue weighted by molar-refractivity contribution is 9.10. The van der Waals surface area contributed by atoms with Gasteiger partial charge in [0.1, 0.15) is 0 Å². The van der Waals surface area contributed by atoms with Crippen LogP contribution in [0.4, 0.5) is 5.69 Å². The maximum Gasteiger partial charge on any atom is 0.167 e. The molecule has 3 nitrogen and oxygen atoms in total. The highest BCUT2D eigenvalue weighted by atomic mass is 79.9. The number of piperidine rings is 1. The topological polar surface area (TPSA) is 33.2 Å². The summed E-state index contributed by atoms with van der Waals surface area (Å²) in [6.07, 6.45) is 5.68. The van der Waals surface area contributed by atoms with E-state index in [4.69, 9.17) is 0 Å². The molecule has 1 saturated heterocycles. The van der Waals surface area contributed by atoms with Crippen molar-refractivity contribution < 1.29 is 4.79 Å². The Bertz CT molecular complexity index is 983. The Morgan fingerprint density at radius 2 is 1.93 bits per heavy atom. The first-order valence-electron chi connectivity index (χ1n) is 9.14. The van der Waals surface area contributed by atoms with Crippen LogP contribution < -0.4 is 4.90 Å². The summed E-state index contributed by atoms with van der Waals surface area (Å²) in [7, 11) is 0. The molecule has 0 aliphatic carbocycles. The largest absolute Gasteiger partial charge is 0.371 e. The van der Waals surface area contributed by atoms with Crippen LogP contribution in [0.15, 0.2) is 64.1 Å². The number of hydrogen-bond donors (Lipinski definition) is 0. The average Bonchev–Trinajstić information content (AvgIpc) is 2.73. The van der Waals surface area contributed by atoms with Gasteiger partial charge in [-0.15, -0.1) is 11.8 Å². The number of carbonyl (C=O) groups is 1. The van der Waals surface area contributed by atoms with E-state index >= 15 is 0 Å².